The van der Waals surface area contributed by atoms with Crippen molar-refractivity contribution in [1.29, 1.82) is 0 Å². The second kappa shape index (κ2) is 4.23. The zero-order chi connectivity index (χ0) is 13.8. The largest absolute Gasteiger partial charge is 0.444 e. The highest BCUT2D eigenvalue weighted by atomic mass is 79.9. The van der Waals surface area contributed by atoms with E-state index in [0.29, 0.717) is 11.8 Å². The van der Waals surface area contributed by atoms with Crippen LogP contribution in [0.1, 0.15) is 37.8 Å². The highest BCUT2D eigenvalue weighted by Crippen LogP contribution is 2.56. The molecule has 0 heterocycles. The Morgan fingerprint density at radius 2 is 2.16 bits per heavy atom. The van der Waals surface area contributed by atoms with Gasteiger partial charge in [-0.2, -0.15) is 0 Å². The van der Waals surface area contributed by atoms with Crippen LogP contribution in [0.25, 0.3) is 0 Å². The molecule has 3 atom stereocenters. The summed E-state index contributed by atoms with van der Waals surface area (Å²) in [5.41, 5.74) is 2.36. The van der Waals surface area contributed by atoms with Gasteiger partial charge in [-0.3, -0.25) is 0 Å². The van der Waals surface area contributed by atoms with Crippen LogP contribution in [-0.4, -0.2) is 17.7 Å². The highest BCUT2D eigenvalue weighted by Gasteiger charge is 2.56. The molecule has 19 heavy (non-hydrogen) atoms. The fraction of sp³-hybridized carbons (Fsp3) is 0.533. The van der Waals surface area contributed by atoms with Gasteiger partial charge in [0.2, 0.25) is 0 Å². The fourth-order valence-electron chi connectivity index (χ4n) is 3.01. The predicted octanol–water partition coefficient (Wildman–Crippen LogP) is 3.61. The first-order valence-corrected chi connectivity index (χ1v) is 7.42. The summed E-state index contributed by atoms with van der Waals surface area (Å²) in [6, 6.07) is 6.68. The van der Waals surface area contributed by atoms with Gasteiger partial charge in [-0.1, -0.05) is 22.0 Å². The molecule has 1 saturated carbocycles. The third-order valence-electron chi connectivity index (χ3n) is 3.77. The zero-order valence-corrected chi connectivity index (χ0v) is 13.0. The Labute approximate surface area is 121 Å². The van der Waals surface area contributed by atoms with Crippen LogP contribution in [0.15, 0.2) is 22.7 Å². The smallest absolute Gasteiger partial charge is 0.407 e. The Kier molecular flexibility index (Phi) is 2.89. The number of carbonyl (C=O) groups excluding carboxylic acids is 1. The minimum atomic E-state index is -0.435. The maximum atomic E-state index is 11.8. The normalized spacial score (nSPS) is 27.5. The molecule has 1 aromatic carbocycles. The van der Waals surface area contributed by atoms with Crippen molar-refractivity contribution in [1.82, 2.24) is 5.32 Å². The Morgan fingerprint density at radius 3 is 2.84 bits per heavy atom. The number of halogens is 1. The molecule has 3 unspecified atom stereocenters. The van der Waals surface area contributed by atoms with Crippen LogP contribution in [0, 0.1) is 5.92 Å². The van der Waals surface area contributed by atoms with E-state index in [-0.39, 0.29) is 12.1 Å². The first-order chi connectivity index (χ1) is 8.85. The van der Waals surface area contributed by atoms with Gasteiger partial charge in [-0.25, -0.2) is 4.79 Å². The lowest BCUT2D eigenvalue weighted by Crippen LogP contribution is -2.35. The molecule has 1 aromatic rings. The molecule has 1 fully saturated rings. The number of hydrogen-bond acceptors (Lipinski definition) is 2. The first-order valence-electron chi connectivity index (χ1n) is 6.63. The molecule has 1 amide bonds. The molecule has 2 aliphatic rings. The maximum absolute atomic E-state index is 11.8. The molecule has 4 heteroatoms. The average molecular weight is 324 g/mol. The van der Waals surface area contributed by atoms with Gasteiger partial charge in [0.15, 0.2) is 0 Å². The molecule has 1 N–H and O–H groups in total. The number of benzene rings is 1. The number of amides is 1. The van der Waals surface area contributed by atoms with Gasteiger partial charge in [0.25, 0.3) is 0 Å². The van der Waals surface area contributed by atoms with Crippen LogP contribution in [0.4, 0.5) is 4.79 Å². The van der Waals surface area contributed by atoms with Gasteiger partial charge in [0.1, 0.15) is 5.60 Å². The monoisotopic (exact) mass is 323 g/mol. The van der Waals surface area contributed by atoms with Crippen molar-refractivity contribution in [2.75, 3.05) is 0 Å². The van der Waals surface area contributed by atoms with Crippen molar-refractivity contribution in [2.24, 2.45) is 5.92 Å². The molecule has 2 aliphatic carbocycles. The second-order valence-corrected chi connectivity index (χ2v) is 7.32. The molecule has 3 rings (SSSR count). The SMILES string of the molecule is CC(C)(C)OC(=O)NC1C2Cc3ccc(Br)cc3C21. The zero-order valence-electron chi connectivity index (χ0n) is 11.4. The number of rotatable bonds is 1. The number of hydrogen-bond donors (Lipinski definition) is 1. The van der Waals surface area contributed by atoms with E-state index in [1.165, 1.54) is 11.1 Å². The van der Waals surface area contributed by atoms with Gasteiger partial charge in [-0.15, -0.1) is 0 Å². The van der Waals surface area contributed by atoms with E-state index < -0.39 is 5.60 Å². The third kappa shape index (κ3) is 2.50. The van der Waals surface area contributed by atoms with E-state index in [1.54, 1.807) is 0 Å². The Balaban J connectivity index is 1.65. The molecule has 102 valence electrons. The summed E-state index contributed by atoms with van der Waals surface area (Å²) in [4.78, 5) is 11.8. The van der Waals surface area contributed by atoms with E-state index in [1.807, 2.05) is 20.8 Å². The maximum Gasteiger partial charge on any atom is 0.407 e. The molecule has 0 bridgehead atoms. The third-order valence-corrected chi connectivity index (χ3v) is 4.27. The first kappa shape index (κ1) is 13.0. The summed E-state index contributed by atoms with van der Waals surface area (Å²) >= 11 is 3.51. The van der Waals surface area contributed by atoms with Gasteiger partial charge in [0.05, 0.1) is 0 Å². The topological polar surface area (TPSA) is 38.3 Å². The molecule has 0 saturated heterocycles. The summed E-state index contributed by atoms with van der Waals surface area (Å²) < 4.78 is 6.41. The number of nitrogens with one attached hydrogen (secondary N) is 1. The van der Waals surface area contributed by atoms with Crippen molar-refractivity contribution >= 4 is 22.0 Å². The second-order valence-electron chi connectivity index (χ2n) is 6.41. The summed E-state index contributed by atoms with van der Waals surface area (Å²) in [6.07, 6.45) is 0.761. The van der Waals surface area contributed by atoms with Crippen molar-refractivity contribution in [3.63, 3.8) is 0 Å². The Bertz CT molecular complexity index is 535. The molecule has 3 nitrogen and oxygen atoms in total. The van der Waals surface area contributed by atoms with Crippen molar-refractivity contribution in [3.05, 3.63) is 33.8 Å². The summed E-state index contributed by atoms with van der Waals surface area (Å²) in [5.74, 6) is 1.02. The van der Waals surface area contributed by atoms with Crippen LogP contribution in [-0.2, 0) is 11.2 Å². The van der Waals surface area contributed by atoms with Gasteiger partial charge in [0, 0.05) is 16.4 Å². The highest BCUT2D eigenvalue weighted by molar-refractivity contribution is 9.10. The van der Waals surface area contributed by atoms with Crippen LogP contribution in [0.5, 0.6) is 0 Å². The molecule has 0 radical (unpaired) electrons. The van der Waals surface area contributed by atoms with Gasteiger partial charge in [-0.05, 0) is 56.4 Å². The van der Waals surface area contributed by atoms with Gasteiger partial charge < -0.3 is 10.1 Å². The minimum absolute atomic E-state index is 0.247. The minimum Gasteiger partial charge on any atom is -0.444 e. The van der Waals surface area contributed by atoms with Crippen LogP contribution < -0.4 is 5.32 Å². The number of carbonyl (C=O) groups is 1. The molecule has 0 aliphatic heterocycles. The summed E-state index contributed by atoms with van der Waals surface area (Å²) in [6.45, 7) is 5.65. The molecular formula is C15H18BrNO2. The van der Waals surface area contributed by atoms with E-state index >= 15 is 0 Å². The average Bonchev–Trinajstić information content (AvgIpc) is 2.78. The van der Waals surface area contributed by atoms with E-state index in [0.717, 1.165) is 10.9 Å². The van der Waals surface area contributed by atoms with Crippen LogP contribution in [0.2, 0.25) is 0 Å². The molecule has 0 aromatic heterocycles. The van der Waals surface area contributed by atoms with Crippen molar-refractivity contribution < 1.29 is 9.53 Å². The summed E-state index contributed by atoms with van der Waals surface area (Å²) in [7, 11) is 0. The lowest BCUT2D eigenvalue weighted by molar-refractivity contribution is 0.0520. The Morgan fingerprint density at radius 1 is 1.42 bits per heavy atom. The van der Waals surface area contributed by atoms with Crippen LogP contribution in [0.3, 0.4) is 0 Å². The molecular weight excluding hydrogens is 306 g/mol. The fourth-order valence-corrected chi connectivity index (χ4v) is 3.39. The van der Waals surface area contributed by atoms with E-state index in [9.17, 15) is 4.79 Å². The van der Waals surface area contributed by atoms with Crippen molar-refractivity contribution in [3.8, 4) is 0 Å². The number of fused-ring (bicyclic) bond motifs is 3. The van der Waals surface area contributed by atoms with Gasteiger partial charge >= 0.3 is 6.09 Å². The number of alkyl carbamates (subject to hydrolysis) is 1. The quantitative estimate of drug-likeness (QED) is 0.857. The van der Waals surface area contributed by atoms with Crippen LogP contribution >= 0.6 is 15.9 Å². The lowest BCUT2D eigenvalue weighted by atomic mass is 10.1. The standard InChI is InChI=1S/C15H18BrNO2/c1-15(2,3)19-14(18)17-13-11-6-8-4-5-9(16)7-10(8)12(11)13/h4-5,7,11-13H,6H2,1-3H3,(H,17,18). The van der Waals surface area contributed by atoms with Crippen molar-refractivity contribution in [2.45, 2.75) is 44.8 Å². The predicted molar refractivity (Wildman–Crippen MR) is 77.2 cm³/mol. The summed E-state index contributed by atoms with van der Waals surface area (Å²) in [5, 5.41) is 3.00. The van der Waals surface area contributed by atoms with E-state index in [4.69, 9.17) is 4.74 Å². The Hall–Kier alpha value is -1.03. The molecule has 0 spiro atoms. The lowest BCUT2D eigenvalue weighted by Gasteiger charge is -2.20. The van der Waals surface area contributed by atoms with E-state index in [2.05, 4.69) is 39.4 Å². The number of ether oxygens (including phenoxy) is 1.